The fourth-order valence-corrected chi connectivity index (χ4v) is 5.28. The lowest BCUT2D eigenvalue weighted by molar-refractivity contribution is -0.391. The standard InChI is InChI=1S/C21H33N5O2/c1-23-20(22-13-21(23)26(27)28)12-17-14-24(18-8-4-2-5-9-18)16-25(15-17)19-10-6-3-7-11-19/h12-13,18-19H,2-11,14-16H2,1H3. The molecule has 0 radical (unpaired) electrons. The first kappa shape index (κ1) is 19.6. The van der Waals surface area contributed by atoms with Crippen LogP contribution < -0.4 is 0 Å². The molecule has 3 aliphatic rings. The average Bonchev–Trinajstić information content (AvgIpc) is 3.09. The van der Waals surface area contributed by atoms with Crippen LogP contribution >= 0.6 is 0 Å². The average molecular weight is 388 g/mol. The molecule has 7 nitrogen and oxygen atoms in total. The number of hydrogen-bond donors (Lipinski definition) is 0. The van der Waals surface area contributed by atoms with Gasteiger partial charge in [0.15, 0.2) is 0 Å². The van der Waals surface area contributed by atoms with Gasteiger partial charge in [0.2, 0.25) is 5.82 Å². The maximum atomic E-state index is 11.2. The van der Waals surface area contributed by atoms with Gasteiger partial charge in [-0.2, -0.15) is 0 Å². The lowest BCUT2D eigenvalue weighted by Gasteiger charge is -2.46. The van der Waals surface area contributed by atoms with Gasteiger partial charge in [-0.25, -0.2) is 9.55 Å². The van der Waals surface area contributed by atoms with Gasteiger partial charge in [0.25, 0.3) is 0 Å². The van der Waals surface area contributed by atoms with Crippen LogP contribution in [0.3, 0.4) is 0 Å². The van der Waals surface area contributed by atoms with Gasteiger partial charge in [-0.1, -0.05) is 38.5 Å². The molecule has 2 heterocycles. The highest BCUT2D eigenvalue weighted by Gasteiger charge is 2.32. The molecule has 0 N–H and O–H groups in total. The minimum absolute atomic E-state index is 0.0518. The molecule has 4 rings (SSSR count). The SMILES string of the molecule is Cn1c([N+](=O)[O-])cnc1C=C1CN(C2CCCCC2)CN(C2CCCCC2)C1. The third-order valence-electron chi connectivity index (χ3n) is 6.88. The van der Waals surface area contributed by atoms with Crippen molar-refractivity contribution in [3.05, 3.63) is 27.7 Å². The molecule has 1 aromatic rings. The summed E-state index contributed by atoms with van der Waals surface area (Å²) in [5, 5.41) is 11.2. The van der Waals surface area contributed by atoms with Crippen molar-refractivity contribution < 1.29 is 4.92 Å². The van der Waals surface area contributed by atoms with Crippen LogP contribution in [-0.2, 0) is 7.05 Å². The molecule has 0 spiro atoms. The molecule has 3 fully saturated rings. The molecule has 28 heavy (non-hydrogen) atoms. The first-order valence-electron chi connectivity index (χ1n) is 11.0. The Morgan fingerprint density at radius 1 is 1.00 bits per heavy atom. The summed E-state index contributed by atoms with van der Waals surface area (Å²) in [6.45, 7) is 3.01. The summed E-state index contributed by atoms with van der Waals surface area (Å²) >= 11 is 0. The van der Waals surface area contributed by atoms with Gasteiger partial charge in [0.1, 0.15) is 6.20 Å². The van der Waals surface area contributed by atoms with Gasteiger partial charge in [0, 0.05) is 31.2 Å². The van der Waals surface area contributed by atoms with Gasteiger partial charge < -0.3 is 10.1 Å². The normalized spacial score (nSPS) is 23.8. The highest BCUT2D eigenvalue weighted by molar-refractivity contribution is 5.49. The van der Waals surface area contributed by atoms with E-state index in [1.807, 2.05) is 0 Å². The zero-order valence-corrected chi connectivity index (χ0v) is 17.1. The third kappa shape index (κ3) is 4.30. The number of hydrogen-bond acceptors (Lipinski definition) is 5. The van der Waals surface area contributed by atoms with E-state index in [2.05, 4.69) is 20.9 Å². The molecule has 1 saturated heterocycles. The number of aromatic nitrogens is 2. The molecule has 1 aliphatic heterocycles. The van der Waals surface area contributed by atoms with Crippen LogP contribution in [0.25, 0.3) is 6.08 Å². The van der Waals surface area contributed by atoms with Crippen molar-refractivity contribution in [2.45, 2.75) is 76.3 Å². The monoisotopic (exact) mass is 387 g/mol. The van der Waals surface area contributed by atoms with Crippen LogP contribution in [-0.4, -0.2) is 56.1 Å². The van der Waals surface area contributed by atoms with E-state index in [9.17, 15) is 10.1 Å². The molecule has 0 unspecified atom stereocenters. The second-order valence-electron chi connectivity index (χ2n) is 8.81. The highest BCUT2D eigenvalue weighted by atomic mass is 16.6. The lowest BCUT2D eigenvalue weighted by atomic mass is 9.91. The van der Waals surface area contributed by atoms with Crippen LogP contribution in [0.2, 0.25) is 0 Å². The number of rotatable bonds is 4. The lowest BCUT2D eigenvalue weighted by Crippen LogP contribution is -2.54. The summed E-state index contributed by atoms with van der Waals surface area (Å²) < 4.78 is 1.59. The molecule has 0 atom stereocenters. The van der Waals surface area contributed by atoms with E-state index in [0.717, 1.165) is 19.8 Å². The second-order valence-corrected chi connectivity index (χ2v) is 8.81. The summed E-state index contributed by atoms with van der Waals surface area (Å²) in [4.78, 5) is 20.4. The molecule has 0 bridgehead atoms. The highest BCUT2D eigenvalue weighted by Crippen LogP contribution is 2.30. The molecule has 1 aromatic heterocycles. The Labute approximate surface area is 167 Å². The van der Waals surface area contributed by atoms with Gasteiger partial charge in [-0.3, -0.25) is 9.80 Å². The zero-order chi connectivity index (χ0) is 19.5. The summed E-state index contributed by atoms with van der Waals surface area (Å²) in [7, 11) is 1.73. The van der Waals surface area contributed by atoms with E-state index < -0.39 is 0 Å². The summed E-state index contributed by atoms with van der Waals surface area (Å²) in [6.07, 6.45) is 16.8. The Balaban J connectivity index is 1.56. The fraction of sp³-hybridized carbons (Fsp3) is 0.762. The molecule has 7 heteroatoms. The Morgan fingerprint density at radius 3 is 2.00 bits per heavy atom. The fourth-order valence-electron chi connectivity index (χ4n) is 5.28. The van der Waals surface area contributed by atoms with E-state index in [1.165, 1.54) is 76.0 Å². The predicted octanol–water partition coefficient (Wildman–Crippen LogP) is 3.95. The Kier molecular flexibility index (Phi) is 6.11. The van der Waals surface area contributed by atoms with Crippen LogP contribution in [0.4, 0.5) is 5.82 Å². The molecular weight excluding hydrogens is 354 g/mol. The Hall–Kier alpha value is -1.73. The zero-order valence-electron chi connectivity index (χ0n) is 17.1. The first-order valence-corrected chi connectivity index (χ1v) is 11.0. The van der Waals surface area contributed by atoms with Crippen molar-refractivity contribution in [1.82, 2.24) is 19.4 Å². The van der Waals surface area contributed by atoms with Crippen molar-refractivity contribution in [2.75, 3.05) is 19.8 Å². The van der Waals surface area contributed by atoms with E-state index in [1.54, 1.807) is 11.6 Å². The molecule has 0 amide bonds. The van der Waals surface area contributed by atoms with E-state index in [0.29, 0.717) is 17.9 Å². The molecule has 0 aromatic carbocycles. The maximum Gasteiger partial charge on any atom is 0.342 e. The third-order valence-corrected chi connectivity index (χ3v) is 6.88. The van der Waals surface area contributed by atoms with Gasteiger partial charge in [0.05, 0.1) is 13.7 Å². The molecule has 2 saturated carbocycles. The number of nitrogens with zero attached hydrogens (tertiary/aromatic N) is 5. The largest absolute Gasteiger partial charge is 0.358 e. The minimum Gasteiger partial charge on any atom is -0.358 e. The molecule has 2 aliphatic carbocycles. The van der Waals surface area contributed by atoms with Crippen molar-refractivity contribution in [1.29, 1.82) is 0 Å². The van der Waals surface area contributed by atoms with Crippen molar-refractivity contribution in [3.8, 4) is 0 Å². The van der Waals surface area contributed by atoms with E-state index in [4.69, 9.17) is 0 Å². The summed E-state index contributed by atoms with van der Waals surface area (Å²) in [5.41, 5.74) is 1.34. The quantitative estimate of drug-likeness (QED) is 0.578. The number of nitro groups is 1. The maximum absolute atomic E-state index is 11.2. The van der Waals surface area contributed by atoms with Crippen molar-refractivity contribution in [3.63, 3.8) is 0 Å². The van der Waals surface area contributed by atoms with Gasteiger partial charge in [-0.15, -0.1) is 0 Å². The topological polar surface area (TPSA) is 67.4 Å². The smallest absolute Gasteiger partial charge is 0.342 e. The summed E-state index contributed by atoms with van der Waals surface area (Å²) in [5.74, 6) is 0.742. The van der Waals surface area contributed by atoms with E-state index >= 15 is 0 Å². The van der Waals surface area contributed by atoms with Crippen molar-refractivity contribution in [2.24, 2.45) is 7.05 Å². The van der Waals surface area contributed by atoms with Crippen LogP contribution in [0.15, 0.2) is 11.8 Å². The van der Waals surface area contributed by atoms with E-state index in [-0.39, 0.29) is 10.7 Å². The van der Waals surface area contributed by atoms with Gasteiger partial charge in [-0.05, 0) is 36.2 Å². The Morgan fingerprint density at radius 2 is 1.54 bits per heavy atom. The van der Waals surface area contributed by atoms with Crippen LogP contribution in [0, 0.1) is 10.1 Å². The predicted molar refractivity (Wildman–Crippen MR) is 110 cm³/mol. The minimum atomic E-state index is -0.363. The van der Waals surface area contributed by atoms with Crippen molar-refractivity contribution >= 4 is 11.9 Å². The van der Waals surface area contributed by atoms with Crippen LogP contribution in [0.1, 0.15) is 70.0 Å². The second kappa shape index (κ2) is 8.74. The summed E-state index contributed by atoms with van der Waals surface area (Å²) in [6, 6.07) is 1.36. The Bertz CT molecular complexity index is 688. The van der Waals surface area contributed by atoms with Crippen LogP contribution in [0.5, 0.6) is 0 Å². The number of imidazole rings is 1. The molecular formula is C21H33N5O2. The van der Waals surface area contributed by atoms with Gasteiger partial charge >= 0.3 is 5.82 Å². The molecule has 154 valence electrons. The first-order chi connectivity index (χ1) is 13.6.